The average Bonchev–Trinajstić information content (AvgIpc) is 2.48. The molecule has 0 atom stereocenters. The van der Waals surface area contributed by atoms with Gasteiger partial charge in [-0.2, -0.15) is 0 Å². The van der Waals surface area contributed by atoms with Crippen molar-refractivity contribution >= 4 is 56.6 Å². The Morgan fingerprint density at radius 1 is 1.12 bits per heavy atom. The van der Waals surface area contributed by atoms with Gasteiger partial charge in [0.05, 0.1) is 6.54 Å². The summed E-state index contributed by atoms with van der Waals surface area (Å²) in [5.41, 5.74) is 1.96. The number of hydrogen-bond acceptors (Lipinski definition) is 2. The molecule has 0 saturated carbocycles. The lowest BCUT2D eigenvalue weighted by Crippen LogP contribution is -2.35. The lowest BCUT2D eigenvalue weighted by atomic mass is 10.2. The molecule has 0 spiro atoms. The van der Waals surface area contributed by atoms with E-state index in [2.05, 4.69) is 21.2 Å². The van der Waals surface area contributed by atoms with Crippen molar-refractivity contribution in [3.05, 3.63) is 62.0 Å². The predicted octanol–water partition coefficient (Wildman–Crippen LogP) is 4.78. The number of benzene rings is 2. The van der Waals surface area contributed by atoms with Crippen LogP contribution >= 0.6 is 39.1 Å². The number of nitrogens with zero attached hydrogens (tertiary/aromatic N) is 1. The van der Waals surface area contributed by atoms with Gasteiger partial charge >= 0.3 is 0 Å². The number of halogens is 3. The van der Waals surface area contributed by atoms with Gasteiger partial charge in [0.25, 0.3) is 5.91 Å². The van der Waals surface area contributed by atoms with Crippen LogP contribution in [0.2, 0.25) is 10.0 Å². The molecule has 0 aromatic heterocycles. The van der Waals surface area contributed by atoms with Crippen LogP contribution in [-0.4, -0.2) is 30.3 Å². The van der Waals surface area contributed by atoms with Crippen molar-refractivity contribution in [2.24, 2.45) is 0 Å². The molecule has 2 rings (SSSR count). The minimum absolute atomic E-state index is 0.0849. The van der Waals surface area contributed by atoms with Crippen LogP contribution in [0.3, 0.4) is 0 Å². The van der Waals surface area contributed by atoms with Crippen LogP contribution in [0.4, 0.5) is 5.69 Å². The Morgan fingerprint density at radius 2 is 1.75 bits per heavy atom. The number of rotatable bonds is 4. The molecule has 0 fully saturated rings. The van der Waals surface area contributed by atoms with E-state index in [-0.39, 0.29) is 18.4 Å². The zero-order valence-corrected chi connectivity index (χ0v) is 16.2. The molecular weight excluding hydrogens is 415 g/mol. The van der Waals surface area contributed by atoms with E-state index in [0.29, 0.717) is 21.3 Å². The molecule has 0 aliphatic heterocycles. The molecule has 24 heavy (non-hydrogen) atoms. The van der Waals surface area contributed by atoms with E-state index >= 15 is 0 Å². The summed E-state index contributed by atoms with van der Waals surface area (Å²) in [6.07, 6.45) is 0. The van der Waals surface area contributed by atoms with Crippen LogP contribution in [-0.2, 0) is 4.79 Å². The summed E-state index contributed by atoms with van der Waals surface area (Å²) in [4.78, 5) is 25.8. The molecule has 1 N–H and O–H groups in total. The summed E-state index contributed by atoms with van der Waals surface area (Å²) in [6, 6.07) is 10.1. The zero-order chi connectivity index (χ0) is 17.9. The fourth-order valence-corrected chi connectivity index (χ4v) is 3.14. The van der Waals surface area contributed by atoms with Gasteiger partial charge < -0.3 is 10.2 Å². The van der Waals surface area contributed by atoms with Crippen molar-refractivity contribution in [1.82, 2.24) is 4.90 Å². The van der Waals surface area contributed by atoms with Crippen LogP contribution in [0.5, 0.6) is 0 Å². The van der Waals surface area contributed by atoms with Crippen molar-refractivity contribution in [2.75, 3.05) is 18.9 Å². The Hall–Kier alpha value is -1.56. The lowest BCUT2D eigenvalue weighted by molar-refractivity contribution is -0.116. The minimum atomic E-state index is -0.331. The third kappa shape index (κ3) is 4.97. The Bertz CT molecular complexity index is 776. The van der Waals surface area contributed by atoms with E-state index < -0.39 is 0 Å². The second-order valence-corrected chi connectivity index (χ2v) is 7.12. The first-order chi connectivity index (χ1) is 11.3. The highest BCUT2D eigenvalue weighted by Crippen LogP contribution is 2.21. The Balaban J connectivity index is 2.04. The van der Waals surface area contributed by atoms with E-state index in [1.807, 2.05) is 19.1 Å². The third-order valence-corrected chi connectivity index (χ3v) is 4.23. The number of amides is 2. The first kappa shape index (κ1) is 18.8. The number of anilines is 1. The standard InChI is InChI=1S/C17H15BrCl2N2O2/c1-10-5-12(18)3-4-15(10)21-16(23)9-22(2)17(24)11-6-13(19)8-14(20)7-11/h3-8H,9H2,1-2H3,(H,21,23). The van der Waals surface area contributed by atoms with Gasteiger partial charge in [0, 0.05) is 32.8 Å². The van der Waals surface area contributed by atoms with Crippen molar-refractivity contribution in [1.29, 1.82) is 0 Å². The molecule has 126 valence electrons. The Morgan fingerprint density at radius 3 is 2.33 bits per heavy atom. The van der Waals surface area contributed by atoms with Gasteiger partial charge in [0.2, 0.25) is 5.91 Å². The summed E-state index contributed by atoms with van der Waals surface area (Å²) >= 11 is 15.2. The first-order valence-corrected chi connectivity index (χ1v) is 8.58. The minimum Gasteiger partial charge on any atom is -0.332 e. The Kier molecular flexibility index (Phi) is 6.27. The fourth-order valence-electron chi connectivity index (χ4n) is 2.14. The van der Waals surface area contributed by atoms with E-state index in [1.54, 1.807) is 19.2 Å². The summed E-state index contributed by atoms with van der Waals surface area (Å²) in [5.74, 6) is -0.619. The second-order valence-electron chi connectivity index (χ2n) is 5.33. The Labute approximate surface area is 158 Å². The highest BCUT2D eigenvalue weighted by Gasteiger charge is 2.16. The number of aryl methyl sites for hydroxylation is 1. The van der Waals surface area contributed by atoms with Gasteiger partial charge in [-0.1, -0.05) is 39.1 Å². The largest absolute Gasteiger partial charge is 0.332 e. The summed E-state index contributed by atoms with van der Waals surface area (Å²) < 4.78 is 0.933. The van der Waals surface area contributed by atoms with Gasteiger partial charge in [0.1, 0.15) is 0 Å². The van der Waals surface area contributed by atoms with E-state index in [1.165, 1.54) is 17.0 Å². The van der Waals surface area contributed by atoms with Crippen molar-refractivity contribution < 1.29 is 9.59 Å². The van der Waals surface area contributed by atoms with Gasteiger partial charge in [-0.3, -0.25) is 9.59 Å². The zero-order valence-electron chi connectivity index (χ0n) is 13.1. The van der Waals surface area contributed by atoms with Gasteiger partial charge in [-0.15, -0.1) is 0 Å². The maximum Gasteiger partial charge on any atom is 0.254 e. The normalized spacial score (nSPS) is 10.4. The molecule has 0 unspecified atom stereocenters. The number of carbonyl (C=O) groups excluding carboxylic acids is 2. The van der Waals surface area contributed by atoms with Crippen molar-refractivity contribution in [3.63, 3.8) is 0 Å². The summed E-state index contributed by atoms with van der Waals surface area (Å²) in [5, 5.41) is 3.53. The summed E-state index contributed by atoms with van der Waals surface area (Å²) in [7, 11) is 1.55. The van der Waals surface area contributed by atoms with Crippen LogP contribution in [0, 0.1) is 6.92 Å². The molecule has 7 heteroatoms. The van der Waals surface area contributed by atoms with Gasteiger partial charge in [0.15, 0.2) is 0 Å². The van der Waals surface area contributed by atoms with Crippen molar-refractivity contribution in [2.45, 2.75) is 6.92 Å². The average molecular weight is 430 g/mol. The maximum atomic E-state index is 12.4. The van der Waals surface area contributed by atoms with Gasteiger partial charge in [-0.25, -0.2) is 0 Å². The molecule has 2 aromatic carbocycles. The summed E-state index contributed by atoms with van der Waals surface area (Å²) in [6.45, 7) is 1.81. The molecular formula is C17H15BrCl2N2O2. The molecule has 2 aromatic rings. The molecule has 0 radical (unpaired) electrons. The third-order valence-electron chi connectivity index (χ3n) is 3.30. The van der Waals surface area contributed by atoms with Crippen LogP contribution in [0.15, 0.2) is 40.9 Å². The SMILES string of the molecule is Cc1cc(Br)ccc1NC(=O)CN(C)C(=O)c1cc(Cl)cc(Cl)c1. The lowest BCUT2D eigenvalue weighted by Gasteiger charge is -2.18. The van der Waals surface area contributed by atoms with E-state index in [0.717, 1.165) is 10.0 Å². The molecule has 0 aliphatic rings. The van der Waals surface area contributed by atoms with Crippen LogP contribution in [0.1, 0.15) is 15.9 Å². The smallest absolute Gasteiger partial charge is 0.254 e. The van der Waals surface area contributed by atoms with Crippen LogP contribution < -0.4 is 5.32 Å². The van der Waals surface area contributed by atoms with Crippen molar-refractivity contribution in [3.8, 4) is 0 Å². The van der Waals surface area contributed by atoms with Crippen LogP contribution in [0.25, 0.3) is 0 Å². The second kappa shape index (κ2) is 8.01. The molecule has 2 amide bonds. The maximum absolute atomic E-state index is 12.4. The predicted molar refractivity (Wildman–Crippen MR) is 101 cm³/mol. The van der Waals surface area contributed by atoms with Gasteiger partial charge in [-0.05, 0) is 48.9 Å². The molecule has 0 heterocycles. The quantitative estimate of drug-likeness (QED) is 0.760. The molecule has 4 nitrogen and oxygen atoms in total. The molecule has 0 aliphatic carbocycles. The first-order valence-electron chi connectivity index (χ1n) is 7.04. The highest BCUT2D eigenvalue weighted by molar-refractivity contribution is 9.10. The molecule has 0 bridgehead atoms. The topological polar surface area (TPSA) is 49.4 Å². The number of nitrogens with one attached hydrogen (secondary N) is 1. The highest BCUT2D eigenvalue weighted by atomic mass is 79.9. The number of likely N-dealkylation sites (N-methyl/N-ethyl adjacent to an activating group) is 1. The van der Waals surface area contributed by atoms with E-state index in [4.69, 9.17) is 23.2 Å². The number of hydrogen-bond donors (Lipinski definition) is 1. The molecule has 0 saturated heterocycles. The fraction of sp³-hybridized carbons (Fsp3) is 0.176. The monoisotopic (exact) mass is 428 g/mol. The number of carbonyl (C=O) groups is 2. The van der Waals surface area contributed by atoms with E-state index in [9.17, 15) is 9.59 Å².